The number of carbonyl (C=O) groups is 9. The van der Waals surface area contributed by atoms with Gasteiger partial charge in [-0.25, -0.2) is 4.98 Å². The van der Waals surface area contributed by atoms with Gasteiger partial charge in [0.2, 0.25) is 23.6 Å². The number of nitrogens with zero attached hydrogens (tertiary/aromatic N) is 3. The molecule has 1 heterocycles. The normalized spacial score (nSPS) is 13.5. The van der Waals surface area contributed by atoms with Crippen LogP contribution in [0.2, 0.25) is 0 Å². The average Bonchev–Trinajstić information content (AvgIpc) is 3.87. The first-order valence-electron chi connectivity index (χ1n) is 27.7. The molecule has 76 heavy (non-hydrogen) atoms. The van der Waals surface area contributed by atoms with Gasteiger partial charge in [-0.15, -0.1) is 0 Å². The Hall–Kier alpha value is -6.22. The van der Waals surface area contributed by atoms with Crippen molar-refractivity contribution in [3.8, 4) is 0 Å². The van der Waals surface area contributed by atoms with Gasteiger partial charge in [0.25, 0.3) is 0 Å². The molecule has 15 N–H and O–H groups in total. The van der Waals surface area contributed by atoms with Gasteiger partial charge >= 0.3 is 5.97 Å². The molecule has 22 heteroatoms. The summed E-state index contributed by atoms with van der Waals surface area (Å²) >= 11 is 0. The number of hydrogen-bond acceptors (Lipinski definition) is 12. The van der Waals surface area contributed by atoms with Crippen LogP contribution >= 0.6 is 0 Å². The van der Waals surface area contributed by atoms with Crippen molar-refractivity contribution in [1.82, 2.24) is 25.9 Å². The molecule has 0 saturated carbocycles. The Balaban J connectivity index is 3.34. The highest BCUT2D eigenvalue weighted by Crippen LogP contribution is 2.22. The van der Waals surface area contributed by atoms with Crippen LogP contribution < -0.4 is 44.6 Å². The number of carboxylic acids is 1. The number of H-pyrrole nitrogens is 1. The Labute approximate surface area is 450 Å². The second kappa shape index (κ2) is 40.1. The molecule has 0 aromatic carbocycles. The Morgan fingerprint density at radius 1 is 0.579 bits per heavy atom. The number of ketones is 4. The van der Waals surface area contributed by atoms with E-state index in [4.69, 9.17) is 28.7 Å². The smallest absolute Gasteiger partial charge is 0.303 e. The zero-order chi connectivity index (χ0) is 56.8. The lowest BCUT2D eigenvalue weighted by molar-refractivity contribution is -0.139. The maximum atomic E-state index is 14.5. The lowest BCUT2D eigenvalue weighted by Gasteiger charge is -2.26. The fourth-order valence-electron chi connectivity index (χ4n) is 8.99. The minimum Gasteiger partial charge on any atom is -0.481 e. The summed E-state index contributed by atoms with van der Waals surface area (Å²) in [6.07, 6.45) is 16.8. The van der Waals surface area contributed by atoms with Gasteiger partial charge < -0.3 is 54.7 Å². The summed E-state index contributed by atoms with van der Waals surface area (Å²) in [6, 6.07) is -3.37. The third-order valence-corrected chi connectivity index (χ3v) is 13.4. The van der Waals surface area contributed by atoms with E-state index < -0.39 is 96.2 Å². The molecule has 430 valence electrons. The molecule has 0 aliphatic heterocycles. The van der Waals surface area contributed by atoms with E-state index in [0.717, 1.165) is 19.3 Å². The zero-order valence-electron chi connectivity index (χ0n) is 46.1. The molecule has 0 spiro atoms. The maximum Gasteiger partial charge on any atom is 0.303 e. The molecule has 0 unspecified atom stereocenters. The topological polar surface area (TPSA) is 393 Å². The number of aliphatic carboxylic acids is 1. The van der Waals surface area contributed by atoms with Crippen LogP contribution in [-0.2, 0) is 49.6 Å². The van der Waals surface area contributed by atoms with Gasteiger partial charge in [0.1, 0.15) is 5.78 Å². The molecule has 0 saturated heterocycles. The SMILES string of the molecule is CCCCCCCCCCCCCCCC(=O)N[C@@H](CC(C)C)C(=O)C[C@@H](CCC(=O)O)C(=O)N[C@@H](CCCN=C(N)N)C(=O)C[C@@H](Cc1cnc[nH]1)C(=O)N[C@@H](CCCN=C(N)N)C(=O)C[C@@H](CCC(N)=O)C(C)=O. The number of nitrogens with one attached hydrogen (secondary N) is 4. The number of unbranched alkanes of at least 4 members (excludes halogenated alkanes) is 12. The molecule has 1 rings (SSSR count). The number of carboxylic acid groups (broad SMARTS) is 1. The summed E-state index contributed by atoms with van der Waals surface area (Å²) in [5, 5.41) is 18.1. The van der Waals surface area contributed by atoms with Crippen LogP contribution in [0.3, 0.4) is 0 Å². The molecule has 6 atom stereocenters. The number of Topliss-reactive ketones (excluding diaryl/α,β-unsaturated/α-hetero) is 4. The number of hydrogen-bond donors (Lipinski definition) is 10. The Morgan fingerprint density at radius 2 is 1.04 bits per heavy atom. The van der Waals surface area contributed by atoms with Gasteiger partial charge in [-0.3, -0.25) is 53.1 Å². The van der Waals surface area contributed by atoms with Crippen molar-refractivity contribution in [1.29, 1.82) is 0 Å². The van der Waals surface area contributed by atoms with E-state index in [2.05, 4.69) is 42.8 Å². The Kier molecular flexibility index (Phi) is 35.8. The second-order valence-corrected chi connectivity index (χ2v) is 20.7. The Morgan fingerprint density at radius 3 is 1.49 bits per heavy atom. The number of carbonyl (C=O) groups excluding carboxylic acids is 8. The van der Waals surface area contributed by atoms with Crippen LogP contribution in [0.25, 0.3) is 0 Å². The van der Waals surface area contributed by atoms with Crippen LogP contribution in [0, 0.1) is 23.7 Å². The molecule has 22 nitrogen and oxygen atoms in total. The van der Waals surface area contributed by atoms with Crippen molar-refractivity contribution in [2.75, 3.05) is 13.1 Å². The van der Waals surface area contributed by atoms with Crippen molar-refractivity contribution in [3.63, 3.8) is 0 Å². The zero-order valence-corrected chi connectivity index (χ0v) is 46.1. The van der Waals surface area contributed by atoms with Crippen molar-refractivity contribution >= 4 is 64.7 Å². The number of primary amides is 1. The highest BCUT2D eigenvalue weighted by molar-refractivity contribution is 5.97. The monoisotopic (exact) mass is 1070 g/mol. The fraction of sp³-hybridized carbons (Fsp3) is 0.741. The summed E-state index contributed by atoms with van der Waals surface area (Å²) in [6.45, 7) is 7.50. The first kappa shape index (κ1) is 67.8. The standard InChI is InChI=1S/C54H94N12O10/c1-5-6-7-8-9-10-11-12-13-14-15-16-17-22-49(72)64-44(29-36(2)3)47(70)32-39(24-26-50(73)74)51(75)65-43(21-19-28-62-54(58)59)46(69)33-40(30-41-34-60-35-63-41)52(76)66-42(20-18-27-61-53(56)57)45(68)31-38(37(4)67)23-25-48(55)71/h34-36,38-40,42-44H,5-33H2,1-4H3,(H2,55,71)(H,60,63)(H,64,72)(H,65,75)(H,66,76)(H,73,74)(H4,56,57,61)(H4,58,59,62)/t38-,39-,40-,42+,43+,44+/m1/s1. The van der Waals surface area contributed by atoms with Crippen molar-refractivity contribution in [2.24, 2.45) is 62.3 Å². The van der Waals surface area contributed by atoms with E-state index in [1.807, 2.05) is 13.8 Å². The van der Waals surface area contributed by atoms with Crippen LogP contribution in [0.1, 0.15) is 200 Å². The minimum absolute atomic E-state index is 0.0140. The first-order chi connectivity index (χ1) is 36.1. The number of nitrogens with two attached hydrogens (primary N) is 5. The summed E-state index contributed by atoms with van der Waals surface area (Å²) in [5.74, 6) is -9.11. The third-order valence-electron chi connectivity index (χ3n) is 13.4. The maximum absolute atomic E-state index is 14.5. The van der Waals surface area contributed by atoms with Gasteiger partial charge in [-0.05, 0) is 64.2 Å². The van der Waals surface area contributed by atoms with Crippen LogP contribution in [0.5, 0.6) is 0 Å². The molecule has 0 aliphatic rings. The molecule has 4 amide bonds. The van der Waals surface area contributed by atoms with Gasteiger partial charge in [-0.1, -0.05) is 97.8 Å². The van der Waals surface area contributed by atoms with Crippen LogP contribution in [0.15, 0.2) is 22.5 Å². The average molecular weight is 1070 g/mol. The molecule has 0 aliphatic carbocycles. The van der Waals surface area contributed by atoms with E-state index in [0.29, 0.717) is 12.1 Å². The van der Waals surface area contributed by atoms with Crippen LogP contribution in [-0.4, -0.2) is 111 Å². The second-order valence-electron chi connectivity index (χ2n) is 20.7. The summed E-state index contributed by atoms with van der Waals surface area (Å²) < 4.78 is 0. The lowest BCUT2D eigenvalue weighted by atomic mass is 9.88. The van der Waals surface area contributed by atoms with Gasteiger partial charge in [-0.2, -0.15) is 0 Å². The largest absolute Gasteiger partial charge is 0.481 e. The Bertz CT molecular complexity index is 1990. The number of aliphatic imine (C=N–C) groups is 2. The molecule has 1 aromatic rings. The van der Waals surface area contributed by atoms with Crippen LogP contribution in [0.4, 0.5) is 0 Å². The lowest BCUT2D eigenvalue weighted by Crippen LogP contribution is -2.48. The van der Waals surface area contributed by atoms with Crippen molar-refractivity contribution in [3.05, 3.63) is 18.2 Å². The predicted molar refractivity (Wildman–Crippen MR) is 293 cm³/mol. The molecule has 0 radical (unpaired) electrons. The molecule has 1 aromatic heterocycles. The predicted octanol–water partition coefficient (Wildman–Crippen LogP) is 4.49. The molecule has 0 bridgehead atoms. The number of aromatic amines is 1. The highest BCUT2D eigenvalue weighted by atomic mass is 16.4. The molecule has 0 fully saturated rings. The first-order valence-corrected chi connectivity index (χ1v) is 27.7. The quantitative estimate of drug-likeness (QED) is 0.0244. The van der Waals surface area contributed by atoms with Gasteiger partial charge in [0.05, 0.1) is 30.4 Å². The summed E-state index contributed by atoms with van der Waals surface area (Å²) in [5.41, 5.74) is 27.9. The summed E-state index contributed by atoms with van der Waals surface area (Å²) in [4.78, 5) is 135. The van der Waals surface area contributed by atoms with E-state index in [1.54, 1.807) is 0 Å². The van der Waals surface area contributed by atoms with E-state index in [9.17, 15) is 48.3 Å². The number of amides is 4. The number of guanidine groups is 2. The number of rotatable bonds is 47. The van der Waals surface area contributed by atoms with E-state index >= 15 is 0 Å². The minimum atomic E-state index is -1.27. The summed E-state index contributed by atoms with van der Waals surface area (Å²) in [7, 11) is 0. The van der Waals surface area contributed by atoms with E-state index in [1.165, 1.54) is 77.2 Å². The highest BCUT2D eigenvalue weighted by Gasteiger charge is 2.34. The number of imidazole rings is 1. The number of aromatic nitrogens is 2. The third kappa shape index (κ3) is 32.9. The molecular weight excluding hydrogens is 977 g/mol. The molecular formula is C54H94N12O10. The van der Waals surface area contributed by atoms with Gasteiger partial charge in [0, 0.05) is 81.8 Å². The van der Waals surface area contributed by atoms with Crippen molar-refractivity contribution < 1.29 is 48.3 Å². The van der Waals surface area contributed by atoms with E-state index in [-0.39, 0.29) is 113 Å². The fourth-order valence-corrected chi connectivity index (χ4v) is 8.99. The van der Waals surface area contributed by atoms with Crippen molar-refractivity contribution in [2.45, 2.75) is 219 Å². The van der Waals surface area contributed by atoms with Gasteiger partial charge in [0.15, 0.2) is 29.3 Å².